The molecule has 5 nitrogen and oxygen atoms in total. The lowest BCUT2D eigenvalue weighted by atomic mass is 10.2. The second-order valence-corrected chi connectivity index (χ2v) is 7.19. The highest BCUT2D eigenvalue weighted by Crippen LogP contribution is 2.27. The average molecular weight is 341 g/mol. The number of nitrogens with zero attached hydrogens (tertiary/aromatic N) is 3. The molecule has 0 bridgehead atoms. The molecule has 0 N–H and O–H groups in total. The van der Waals surface area contributed by atoms with Gasteiger partial charge in [0, 0.05) is 23.7 Å². The van der Waals surface area contributed by atoms with Gasteiger partial charge in [0.2, 0.25) is 5.82 Å². The summed E-state index contributed by atoms with van der Waals surface area (Å²) in [5.41, 5.74) is 1.31. The van der Waals surface area contributed by atoms with Crippen LogP contribution in [-0.2, 0) is 9.84 Å². The predicted molar refractivity (Wildman–Crippen MR) is 88.3 cm³/mol. The minimum Gasteiger partial charge on any atom is -0.359 e. The molecule has 1 heterocycles. The summed E-state index contributed by atoms with van der Waals surface area (Å²) in [7, 11) is -3.29. The highest BCUT2D eigenvalue weighted by Gasteiger charge is 2.16. The Bertz CT molecular complexity index is 1030. The Kier molecular flexibility index (Phi) is 3.91. The van der Waals surface area contributed by atoms with Crippen LogP contribution in [0.1, 0.15) is 0 Å². The van der Waals surface area contributed by atoms with Gasteiger partial charge < -0.3 is 4.85 Å². The van der Waals surface area contributed by atoms with Gasteiger partial charge >= 0.3 is 0 Å². The monoisotopic (exact) mass is 341 g/mol. The lowest BCUT2D eigenvalue weighted by Gasteiger charge is -2.06. The third-order valence-corrected chi connectivity index (χ3v) is 4.58. The molecule has 0 radical (unpaired) electrons. The van der Waals surface area contributed by atoms with Crippen molar-refractivity contribution in [2.24, 2.45) is 0 Å². The first kappa shape index (κ1) is 15.9. The van der Waals surface area contributed by atoms with E-state index in [-0.39, 0.29) is 16.5 Å². The van der Waals surface area contributed by atoms with E-state index in [0.717, 1.165) is 6.26 Å². The molecule has 3 rings (SSSR count). The summed E-state index contributed by atoms with van der Waals surface area (Å²) in [6, 6.07) is 12.1. The number of sulfone groups is 1. The highest BCUT2D eigenvalue weighted by atomic mass is 32.2. The minimum atomic E-state index is -3.29. The topological polar surface area (TPSA) is 56.3 Å². The summed E-state index contributed by atoms with van der Waals surface area (Å²) < 4.78 is 37.9. The zero-order chi connectivity index (χ0) is 17.3. The van der Waals surface area contributed by atoms with Crippen LogP contribution in [0.15, 0.2) is 59.6 Å². The quantitative estimate of drug-likeness (QED) is 0.684. The zero-order valence-electron chi connectivity index (χ0n) is 12.6. The molecule has 0 saturated heterocycles. The summed E-state index contributed by atoms with van der Waals surface area (Å²) in [5.74, 6) is 0.317. The van der Waals surface area contributed by atoms with E-state index in [1.807, 2.05) is 0 Å². The lowest BCUT2D eigenvalue weighted by Crippen LogP contribution is -1.98. The molecule has 0 unspecified atom stereocenters. The van der Waals surface area contributed by atoms with Crippen LogP contribution >= 0.6 is 0 Å². The predicted octanol–water partition coefficient (Wildman–Crippen LogP) is 3.63. The van der Waals surface area contributed by atoms with Crippen LogP contribution in [0.5, 0.6) is 0 Å². The van der Waals surface area contributed by atoms with E-state index < -0.39 is 9.84 Å². The SMILES string of the molecule is [C-]#[N+]c1cn(-c2ccc(F)cc2)c(-c2ccc(S(C)(=O)=O)cc2)n1. The molecule has 0 aliphatic rings. The summed E-state index contributed by atoms with van der Waals surface area (Å²) >= 11 is 0. The molecule has 0 aliphatic heterocycles. The third kappa shape index (κ3) is 3.05. The molecule has 0 atom stereocenters. The molecule has 24 heavy (non-hydrogen) atoms. The molecular formula is C17H12FN3O2S. The Morgan fingerprint density at radius 1 is 1.08 bits per heavy atom. The fraction of sp³-hybridized carbons (Fsp3) is 0.0588. The molecular weight excluding hydrogens is 329 g/mol. The van der Waals surface area contributed by atoms with E-state index in [0.29, 0.717) is 17.1 Å². The van der Waals surface area contributed by atoms with E-state index in [1.165, 1.54) is 24.3 Å². The molecule has 1 aromatic heterocycles. The number of halogens is 1. The van der Waals surface area contributed by atoms with Crippen LogP contribution in [0.3, 0.4) is 0 Å². The van der Waals surface area contributed by atoms with Crippen molar-refractivity contribution in [1.82, 2.24) is 9.55 Å². The van der Waals surface area contributed by atoms with E-state index in [2.05, 4.69) is 9.83 Å². The van der Waals surface area contributed by atoms with E-state index in [9.17, 15) is 12.8 Å². The maximum Gasteiger partial charge on any atom is 0.288 e. The van der Waals surface area contributed by atoms with Crippen molar-refractivity contribution in [3.63, 3.8) is 0 Å². The highest BCUT2D eigenvalue weighted by molar-refractivity contribution is 7.90. The van der Waals surface area contributed by atoms with Crippen LogP contribution in [0.4, 0.5) is 10.2 Å². The smallest absolute Gasteiger partial charge is 0.288 e. The Labute approximate surface area is 138 Å². The van der Waals surface area contributed by atoms with Gasteiger partial charge in [0.05, 0.1) is 4.90 Å². The van der Waals surface area contributed by atoms with Crippen LogP contribution in [0.2, 0.25) is 0 Å². The van der Waals surface area contributed by atoms with Gasteiger partial charge in [-0.05, 0) is 48.5 Å². The number of rotatable bonds is 3. The van der Waals surface area contributed by atoms with E-state index >= 15 is 0 Å². The third-order valence-electron chi connectivity index (χ3n) is 3.45. The standard InChI is InChI=1S/C17H12FN3O2S/c1-19-16-11-21(14-7-5-13(18)6-8-14)17(20-16)12-3-9-15(10-4-12)24(2,22)23/h3-11H,2H3. The van der Waals surface area contributed by atoms with E-state index in [1.54, 1.807) is 35.0 Å². The number of aromatic nitrogens is 2. The van der Waals surface area contributed by atoms with Crippen molar-refractivity contribution >= 4 is 15.7 Å². The normalized spacial score (nSPS) is 11.2. The number of imidazole rings is 1. The van der Waals surface area contributed by atoms with Crippen molar-refractivity contribution < 1.29 is 12.8 Å². The van der Waals surface area contributed by atoms with Crippen molar-refractivity contribution in [3.05, 3.63) is 72.0 Å². The van der Waals surface area contributed by atoms with Gasteiger partial charge in [-0.2, -0.15) is 0 Å². The average Bonchev–Trinajstić information content (AvgIpc) is 2.99. The zero-order valence-corrected chi connectivity index (χ0v) is 13.5. The van der Waals surface area contributed by atoms with Gasteiger partial charge in [-0.25, -0.2) is 12.8 Å². The maximum absolute atomic E-state index is 13.1. The Morgan fingerprint density at radius 3 is 2.25 bits per heavy atom. The van der Waals surface area contributed by atoms with Crippen molar-refractivity contribution in [2.45, 2.75) is 4.90 Å². The maximum atomic E-state index is 13.1. The van der Waals surface area contributed by atoms with Crippen LogP contribution in [0.25, 0.3) is 21.9 Å². The van der Waals surface area contributed by atoms with Gasteiger partial charge in [0.15, 0.2) is 9.84 Å². The van der Waals surface area contributed by atoms with Gasteiger partial charge in [0.25, 0.3) is 5.82 Å². The summed E-state index contributed by atoms with van der Waals surface area (Å²) in [6.07, 6.45) is 2.69. The van der Waals surface area contributed by atoms with E-state index in [4.69, 9.17) is 6.57 Å². The first-order valence-corrected chi connectivity index (χ1v) is 8.81. The molecule has 0 aliphatic carbocycles. The first-order chi connectivity index (χ1) is 11.4. The summed E-state index contributed by atoms with van der Waals surface area (Å²) in [4.78, 5) is 7.79. The molecule has 0 spiro atoms. The summed E-state index contributed by atoms with van der Waals surface area (Å²) in [6.45, 7) is 7.14. The number of hydrogen-bond donors (Lipinski definition) is 0. The van der Waals surface area contributed by atoms with Crippen molar-refractivity contribution in [2.75, 3.05) is 6.26 Å². The fourth-order valence-corrected chi connectivity index (χ4v) is 2.91. The molecule has 2 aromatic carbocycles. The number of benzene rings is 2. The molecule has 7 heteroatoms. The second-order valence-electron chi connectivity index (χ2n) is 5.18. The molecule has 0 fully saturated rings. The minimum absolute atomic E-state index is 0.196. The van der Waals surface area contributed by atoms with Crippen molar-refractivity contribution in [3.8, 4) is 17.1 Å². The lowest BCUT2D eigenvalue weighted by molar-refractivity contribution is 0.602. The molecule has 0 saturated carbocycles. The number of hydrogen-bond acceptors (Lipinski definition) is 3. The molecule has 0 amide bonds. The van der Waals surface area contributed by atoms with Gasteiger partial charge in [-0.1, -0.05) is 11.6 Å². The largest absolute Gasteiger partial charge is 0.359 e. The van der Waals surface area contributed by atoms with Crippen LogP contribution in [0, 0.1) is 12.4 Å². The van der Waals surface area contributed by atoms with Gasteiger partial charge in [-0.3, -0.25) is 4.57 Å². The van der Waals surface area contributed by atoms with Crippen LogP contribution < -0.4 is 0 Å². The fourth-order valence-electron chi connectivity index (χ4n) is 2.28. The second kappa shape index (κ2) is 5.91. The first-order valence-electron chi connectivity index (χ1n) is 6.92. The Balaban J connectivity index is 2.12. The molecule has 3 aromatic rings. The summed E-state index contributed by atoms with van der Waals surface area (Å²) in [5, 5.41) is 0. The molecule has 120 valence electrons. The van der Waals surface area contributed by atoms with Crippen molar-refractivity contribution in [1.29, 1.82) is 0 Å². The van der Waals surface area contributed by atoms with Crippen LogP contribution in [-0.4, -0.2) is 24.2 Å². The van der Waals surface area contributed by atoms with Gasteiger partial charge in [0.1, 0.15) is 5.82 Å². The Hall–Kier alpha value is -2.98. The van der Waals surface area contributed by atoms with Gasteiger partial charge in [-0.15, -0.1) is 0 Å². The Morgan fingerprint density at radius 2 is 1.71 bits per heavy atom.